The van der Waals surface area contributed by atoms with Gasteiger partial charge in [-0.3, -0.25) is 0 Å². The topological polar surface area (TPSA) is 13.1 Å². The molecule has 3 heterocycles. The molecule has 6 aromatic carbocycles. The Hall–Kier alpha value is -6.58. The van der Waals surface area contributed by atoms with Crippen molar-refractivity contribution in [1.82, 2.24) is 9.13 Å². The van der Waals surface area contributed by atoms with E-state index in [0.29, 0.717) is 5.92 Å². The van der Waals surface area contributed by atoms with Crippen molar-refractivity contribution in [3.63, 3.8) is 0 Å². The van der Waals surface area contributed by atoms with Crippen LogP contribution in [0.3, 0.4) is 0 Å². The van der Waals surface area contributed by atoms with E-state index in [9.17, 15) is 0 Å². The number of hydrogen-bond donors (Lipinski definition) is 0. The molecular weight excluding hydrogens is 655 g/mol. The van der Waals surface area contributed by atoms with Gasteiger partial charge in [-0.1, -0.05) is 118 Å². The van der Waals surface area contributed by atoms with Crippen LogP contribution in [-0.4, -0.2) is 9.13 Å². The Kier molecular flexibility index (Phi) is 6.58. The summed E-state index contributed by atoms with van der Waals surface area (Å²) >= 11 is 0. The molecule has 0 fully saturated rings. The van der Waals surface area contributed by atoms with Gasteiger partial charge in [-0.25, -0.2) is 0 Å². The minimum Gasteiger partial charge on any atom is -0.317 e. The standard InChI is InChI=1S/C51H39N3/c1-33-37-17-8-12-22-46(37)54-48-24-14-9-19-40(48)42(50(33)54)29-30-52(36-25-27-39-38-18-7-11-21-44(38)51(2,3)45(39)32-36)35-26-28-49-43(31-35)41-20-10-13-23-47(41)53(49)34-15-5-4-6-16-34/h4-16,18-32,37H,1,17H2,2-3H3/b30-29+. The minimum atomic E-state index is -0.112. The molecule has 3 nitrogen and oxygen atoms in total. The van der Waals surface area contributed by atoms with Crippen LogP contribution in [0.25, 0.3) is 66.9 Å². The smallest absolute Gasteiger partial charge is 0.0571 e. The zero-order chi connectivity index (χ0) is 36.1. The van der Waals surface area contributed by atoms with Gasteiger partial charge in [-0.2, -0.15) is 0 Å². The predicted molar refractivity (Wildman–Crippen MR) is 228 cm³/mol. The summed E-state index contributed by atoms with van der Waals surface area (Å²) in [5, 5.41) is 3.71. The molecule has 258 valence electrons. The van der Waals surface area contributed by atoms with Gasteiger partial charge >= 0.3 is 0 Å². The summed E-state index contributed by atoms with van der Waals surface area (Å²) in [7, 11) is 0. The summed E-state index contributed by atoms with van der Waals surface area (Å²) < 4.78 is 4.84. The first-order chi connectivity index (χ1) is 26.5. The van der Waals surface area contributed by atoms with E-state index in [4.69, 9.17) is 6.58 Å². The first-order valence-corrected chi connectivity index (χ1v) is 19.0. The molecule has 0 radical (unpaired) electrons. The van der Waals surface area contributed by atoms with Crippen molar-refractivity contribution in [3.8, 4) is 16.8 Å². The van der Waals surface area contributed by atoms with E-state index in [1.807, 2.05) is 0 Å². The second kappa shape index (κ2) is 11.5. The van der Waals surface area contributed by atoms with Gasteiger partial charge in [0.05, 0.1) is 22.2 Å². The third kappa shape index (κ3) is 4.30. The van der Waals surface area contributed by atoms with E-state index in [1.54, 1.807) is 0 Å². The number of allylic oxidation sites excluding steroid dienone is 5. The first-order valence-electron chi connectivity index (χ1n) is 19.0. The molecule has 0 spiro atoms. The summed E-state index contributed by atoms with van der Waals surface area (Å²) in [6.45, 7) is 9.42. The zero-order valence-electron chi connectivity index (χ0n) is 30.5. The molecule has 1 atom stereocenters. The molecular formula is C51H39N3. The number of anilines is 2. The van der Waals surface area contributed by atoms with Crippen molar-refractivity contribution in [2.75, 3.05) is 4.90 Å². The van der Waals surface area contributed by atoms with Gasteiger partial charge in [-0.05, 0) is 101 Å². The average molecular weight is 694 g/mol. The highest BCUT2D eigenvalue weighted by atomic mass is 15.1. The van der Waals surface area contributed by atoms with Crippen LogP contribution in [0.15, 0.2) is 171 Å². The number of nitrogens with zero attached hydrogens (tertiary/aromatic N) is 3. The second-order valence-electron chi connectivity index (χ2n) is 15.4. The number of rotatable bonds is 5. The van der Waals surface area contributed by atoms with Crippen LogP contribution in [0.5, 0.6) is 0 Å². The van der Waals surface area contributed by atoms with E-state index in [1.165, 1.54) is 77.5 Å². The number of aromatic nitrogens is 2. The van der Waals surface area contributed by atoms with E-state index in [0.717, 1.165) is 23.5 Å². The van der Waals surface area contributed by atoms with Crippen molar-refractivity contribution in [1.29, 1.82) is 0 Å². The quantitative estimate of drug-likeness (QED) is 0.175. The Morgan fingerprint density at radius 3 is 2.17 bits per heavy atom. The maximum absolute atomic E-state index is 4.70. The van der Waals surface area contributed by atoms with Gasteiger partial charge < -0.3 is 14.0 Å². The molecule has 0 saturated carbocycles. The summed E-state index contributed by atoms with van der Waals surface area (Å²) in [6, 6.07) is 51.1. The fourth-order valence-corrected chi connectivity index (χ4v) is 9.63. The molecule has 11 rings (SSSR count). The maximum Gasteiger partial charge on any atom is 0.0571 e. The van der Waals surface area contributed by atoms with Gasteiger partial charge in [-0.15, -0.1) is 0 Å². The Balaban J connectivity index is 1.13. The van der Waals surface area contributed by atoms with Crippen LogP contribution < -0.4 is 4.90 Å². The van der Waals surface area contributed by atoms with Crippen molar-refractivity contribution in [3.05, 3.63) is 193 Å². The minimum absolute atomic E-state index is 0.112. The second-order valence-corrected chi connectivity index (χ2v) is 15.4. The lowest BCUT2D eigenvalue weighted by Gasteiger charge is -2.26. The summed E-state index contributed by atoms with van der Waals surface area (Å²) in [6.07, 6.45) is 12.3. The predicted octanol–water partition coefficient (Wildman–Crippen LogP) is 13.3. The fourth-order valence-electron chi connectivity index (χ4n) is 9.63. The third-order valence-corrected chi connectivity index (χ3v) is 12.2. The lowest BCUT2D eigenvalue weighted by Crippen LogP contribution is -2.16. The molecule has 1 aliphatic heterocycles. The van der Waals surface area contributed by atoms with Crippen LogP contribution in [-0.2, 0) is 5.41 Å². The van der Waals surface area contributed by atoms with E-state index in [-0.39, 0.29) is 5.41 Å². The lowest BCUT2D eigenvalue weighted by atomic mass is 9.82. The number of fused-ring (bicyclic) bond motifs is 11. The Labute approximate surface area is 315 Å². The number of hydrogen-bond acceptors (Lipinski definition) is 1. The molecule has 2 aromatic heterocycles. The van der Waals surface area contributed by atoms with Crippen molar-refractivity contribution >= 4 is 61.4 Å². The Bertz CT molecular complexity index is 2960. The van der Waals surface area contributed by atoms with Crippen LogP contribution in [0.4, 0.5) is 11.4 Å². The third-order valence-electron chi connectivity index (χ3n) is 12.2. The van der Waals surface area contributed by atoms with Gasteiger partial charge in [0.25, 0.3) is 0 Å². The van der Waals surface area contributed by atoms with Crippen LogP contribution >= 0.6 is 0 Å². The van der Waals surface area contributed by atoms with Gasteiger partial charge in [0.15, 0.2) is 0 Å². The van der Waals surface area contributed by atoms with Gasteiger partial charge in [0.1, 0.15) is 0 Å². The molecule has 3 heteroatoms. The highest BCUT2D eigenvalue weighted by molar-refractivity contribution is 6.11. The summed E-state index contributed by atoms with van der Waals surface area (Å²) in [4.78, 5) is 2.39. The molecule has 0 bridgehead atoms. The highest BCUT2D eigenvalue weighted by Gasteiger charge is 2.36. The highest BCUT2D eigenvalue weighted by Crippen LogP contribution is 2.51. The van der Waals surface area contributed by atoms with E-state index >= 15 is 0 Å². The van der Waals surface area contributed by atoms with Crippen LogP contribution in [0.2, 0.25) is 0 Å². The van der Waals surface area contributed by atoms with Crippen molar-refractivity contribution in [2.24, 2.45) is 5.92 Å². The molecule has 54 heavy (non-hydrogen) atoms. The summed E-state index contributed by atoms with van der Waals surface area (Å²) in [5.74, 6) is 0.308. The van der Waals surface area contributed by atoms with Crippen LogP contribution in [0.1, 0.15) is 42.7 Å². The van der Waals surface area contributed by atoms with Crippen molar-refractivity contribution in [2.45, 2.75) is 25.7 Å². The molecule has 8 aromatic rings. The van der Waals surface area contributed by atoms with E-state index < -0.39 is 0 Å². The Morgan fingerprint density at radius 2 is 1.31 bits per heavy atom. The molecule has 0 amide bonds. The van der Waals surface area contributed by atoms with Crippen molar-refractivity contribution < 1.29 is 0 Å². The average Bonchev–Trinajstić information content (AvgIpc) is 3.89. The number of benzene rings is 6. The molecule has 0 N–H and O–H groups in total. The lowest BCUT2D eigenvalue weighted by molar-refractivity contribution is 0.660. The molecule has 3 aliphatic rings. The van der Waals surface area contributed by atoms with Gasteiger partial charge in [0, 0.05) is 62.0 Å². The monoisotopic (exact) mass is 693 g/mol. The first kappa shape index (κ1) is 31.0. The van der Waals surface area contributed by atoms with E-state index in [2.05, 4.69) is 198 Å². The normalized spacial score (nSPS) is 16.6. The van der Waals surface area contributed by atoms with Crippen LogP contribution in [0, 0.1) is 5.92 Å². The SMILES string of the molecule is C=C1c2c(/C=C/N(c3ccc4c(c3)C(C)(C)c3ccccc3-4)c3ccc4c(c3)c3ccccc3n4-c3ccccc3)c3ccccc3n2C2=CC=CCC12. The summed E-state index contributed by atoms with van der Waals surface area (Å²) in [5.41, 5.74) is 17.3. The zero-order valence-corrected chi connectivity index (χ0v) is 30.5. The molecule has 0 saturated heterocycles. The molecule has 1 unspecified atom stereocenters. The largest absolute Gasteiger partial charge is 0.317 e. The maximum atomic E-state index is 4.70. The van der Waals surface area contributed by atoms with Gasteiger partial charge in [0.2, 0.25) is 0 Å². The number of para-hydroxylation sites is 3. The molecule has 2 aliphatic carbocycles. The fraction of sp³-hybridized carbons (Fsp3) is 0.0980. The Morgan fingerprint density at radius 1 is 0.648 bits per heavy atom.